The molecule has 0 spiro atoms. The van der Waals surface area contributed by atoms with Gasteiger partial charge in [-0.3, -0.25) is 4.74 Å². The third-order valence-electron chi connectivity index (χ3n) is 2.04. The predicted molar refractivity (Wildman–Crippen MR) is 45.4 cm³/mol. The van der Waals surface area contributed by atoms with Gasteiger partial charge in [-0.05, 0) is 0 Å². The largest absolute Gasteiger partial charge is 0.477 e. The van der Waals surface area contributed by atoms with Gasteiger partial charge in [0.05, 0.1) is 0 Å². The van der Waals surface area contributed by atoms with E-state index >= 15 is 0 Å². The van der Waals surface area contributed by atoms with E-state index in [0.29, 0.717) is 0 Å². The van der Waals surface area contributed by atoms with Gasteiger partial charge < -0.3 is 10.2 Å². The molecule has 0 amide bonds. The number of ether oxygens (including phenoxy) is 1. The molecule has 0 saturated heterocycles. The molecule has 0 saturated carbocycles. The Hall–Kier alpha value is -2.06. The van der Waals surface area contributed by atoms with Gasteiger partial charge in [0.2, 0.25) is 0 Å². The smallest absolute Gasteiger partial charge is 0.417 e. The van der Waals surface area contributed by atoms with Crippen molar-refractivity contribution in [1.82, 2.24) is 0 Å². The number of hydrogen-bond donors (Lipinski definition) is 2. The molecule has 0 bridgehead atoms. The van der Waals surface area contributed by atoms with E-state index in [9.17, 15) is 53.5 Å². The summed E-state index contributed by atoms with van der Waals surface area (Å²) in [7, 11) is 0. The molecule has 5 nitrogen and oxygen atoms in total. The number of carboxylic acids is 2. The molecule has 0 atom stereocenters. The maximum absolute atomic E-state index is 13.6. The van der Waals surface area contributed by atoms with Gasteiger partial charge in [-0.25, -0.2) is 9.59 Å². The Morgan fingerprint density at radius 1 is 0.739 bits per heavy atom. The summed E-state index contributed by atoms with van der Waals surface area (Å²) in [6.07, 6.45) is -10.6. The Bertz CT molecular complexity index is 511. The predicted octanol–water partition coefficient (Wildman–Crippen LogP) is 2.78. The monoisotopic (exact) mass is 368 g/mol. The molecule has 0 radical (unpaired) electrons. The number of halogens is 10. The lowest BCUT2D eigenvalue weighted by molar-refractivity contribution is -0.414. The maximum Gasteiger partial charge on any atom is 0.417 e. The molecule has 0 unspecified atom stereocenters. The number of carbonyl (C=O) groups is 2. The first-order valence-corrected chi connectivity index (χ1v) is 4.65. The van der Waals surface area contributed by atoms with Crippen molar-refractivity contribution in [3.63, 3.8) is 0 Å². The summed E-state index contributed by atoms with van der Waals surface area (Å²) in [4.78, 5) is 20.1. The van der Waals surface area contributed by atoms with Gasteiger partial charge in [-0.1, -0.05) is 0 Å². The van der Waals surface area contributed by atoms with Crippen molar-refractivity contribution in [2.24, 2.45) is 0 Å². The Labute approximate surface area is 117 Å². The summed E-state index contributed by atoms with van der Waals surface area (Å²) in [6.45, 7) is 0. The van der Waals surface area contributed by atoms with E-state index in [4.69, 9.17) is 10.2 Å². The standard InChI is InChI=1S/C8H2F10O5/c9-1(2(10)11)7(16,17)23-8(18,5(12,13)3(19)20)6(14,15)4(21)22/h(H,19,20)(H,21,22). The number of hydrogen-bond acceptors (Lipinski definition) is 3. The van der Waals surface area contributed by atoms with Gasteiger partial charge in [0, 0.05) is 0 Å². The van der Waals surface area contributed by atoms with Gasteiger partial charge in [0.15, 0.2) is 0 Å². The van der Waals surface area contributed by atoms with Crippen LogP contribution in [0.5, 0.6) is 0 Å². The Kier molecular flexibility index (Phi) is 5.33. The van der Waals surface area contributed by atoms with Crippen molar-refractivity contribution < 1.29 is 68.4 Å². The van der Waals surface area contributed by atoms with Crippen LogP contribution in [0.2, 0.25) is 0 Å². The number of rotatable bonds is 7. The SMILES string of the molecule is O=C(O)C(F)(F)C(F)(OC(F)(F)C(F)=C(F)F)C(F)(F)C(=O)O. The maximum atomic E-state index is 13.6. The van der Waals surface area contributed by atoms with E-state index in [1.165, 1.54) is 0 Å². The highest BCUT2D eigenvalue weighted by Gasteiger charge is 2.81. The third kappa shape index (κ3) is 3.32. The van der Waals surface area contributed by atoms with Crippen LogP contribution < -0.4 is 0 Å². The van der Waals surface area contributed by atoms with Crippen molar-refractivity contribution in [2.45, 2.75) is 23.8 Å². The van der Waals surface area contributed by atoms with Crippen molar-refractivity contribution in [1.29, 1.82) is 0 Å². The topological polar surface area (TPSA) is 83.8 Å². The van der Waals surface area contributed by atoms with Gasteiger partial charge in [-0.2, -0.15) is 43.9 Å². The third-order valence-corrected chi connectivity index (χ3v) is 2.04. The highest BCUT2D eigenvalue weighted by molar-refractivity contribution is 5.82. The molecule has 15 heteroatoms. The summed E-state index contributed by atoms with van der Waals surface area (Å²) in [5.74, 6) is -32.4. The molecule has 0 aliphatic rings. The van der Waals surface area contributed by atoms with Gasteiger partial charge in [0.25, 0.3) is 5.83 Å². The second-order valence-electron chi connectivity index (χ2n) is 3.55. The first-order valence-electron chi connectivity index (χ1n) is 4.65. The van der Waals surface area contributed by atoms with Crippen LogP contribution >= 0.6 is 0 Å². The Morgan fingerprint density at radius 3 is 1.26 bits per heavy atom. The van der Waals surface area contributed by atoms with Gasteiger partial charge >= 0.3 is 41.8 Å². The molecule has 0 rings (SSSR count). The Balaban J connectivity index is 6.40. The normalized spacial score (nSPS) is 13.7. The molecule has 0 heterocycles. The fourth-order valence-corrected chi connectivity index (χ4v) is 0.932. The van der Waals surface area contributed by atoms with Crippen LogP contribution in [0.1, 0.15) is 0 Å². The summed E-state index contributed by atoms with van der Waals surface area (Å²) in [6, 6.07) is 0. The van der Waals surface area contributed by atoms with Crippen LogP contribution in [0, 0.1) is 0 Å². The van der Waals surface area contributed by atoms with Crippen molar-refractivity contribution in [2.75, 3.05) is 0 Å². The average Bonchev–Trinajstić information content (AvgIpc) is 2.35. The number of alkyl halides is 7. The molecule has 0 aromatic heterocycles. The van der Waals surface area contributed by atoms with Crippen molar-refractivity contribution >= 4 is 11.9 Å². The molecule has 2 N–H and O–H groups in total. The van der Waals surface area contributed by atoms with Crippen LogP contribution in [0.4, 0.5) is 43.9 Å². The minimum atomic E-state index is -6.94. The van der Waals surface area contributed by atoms with E-state index in [1.54, 1.807) is 0 Å². The fourth-order valence-electron chi connectivity index (χ4n) is 0.932. The molecule has 23 heavy (non-hydrogen) atoms. The van der Waals surface area contributed by atoms with Crippen molar-refractivity contribution in [3.05, 3.63) is 11.9 Å². The fraction of sp³-hybridized carbons (Fsp3) is 0.500. The van der Waals surface area contributed by atoms with Gasteiger partial charge in [-0.15, -0.1) is 0 Å². The number of carboxylic acid groups (broad SMARTS) is 2. The van der Waals surface area contributed by atoms with Crippen LogP contribution in [-0.4, -0.2) is 46.0 Å². The summed E-state index contributed by atoms with van der Waals surface area (Å²) in [5, 5.41) is 15.7. The highest BCUT2D eigenvalue weighted by Crippen LogP contribution is 2.50. The van der Waals surface area contributed by atoms with E-state index in [1.807, 2.05) is 4.74 Å². The minimum Gasteiger partial charge on any atom is -0.477 e. The lowest BCUT2D eigenvalue weighted by atomic mass is 10.0. The quantitative estimate of drug-likeness (QED) is 0.676. The molecular weight excluding hydrogens is 366 g/mol. The minimum absolute atomic E-state index is 1.93. The average molecular weight is 368 g/mol. The lowest BCUT2D eigenvalue weighted by Gasteiger charge is -2.35. The Morgan fingerprint density at radius 2 is 1.04 bits per heavy atom. The van der Waals surface area contributed by atoms with Crippen LogP contribution in [-0.2, 0) is 14.3 Å². The molecule has 0 aliphatic carbocycles. The first kappa shape index (κ1) is 20.9. The van der Waals surface area contributed by atoms with Crippen LogP contribution in [0.15, 0.2) is 11.9 Å². The van der Waals surface area contributed by atoms with Gasteiger partial charge in [0.1, 0.15) is 0 Å². The molecule has 0 fully saturated rings. The van der Waals surface area contributed by atoms with Crippen LogP contribution in [0.3, 0.4) is 0 Å². The van der Waals surface area contributed by atoms with Crippen molar-refractivity contribution in [3.8, 4) is 0 Å². The highest BCUT2D eigenvalue weighted by atomic mass is 19.3. The molecular formula is C8H2F10O5. The second kappa shape index (κ2) is 5.86. The zero-order chi connectivity index (χ0) is 19.0. The van der Waals surface area contributed by atoms with Crippen LogP contribution in [0.25, 0.3) is 0 Å². The summed E-state index contributed by atoms with van der Waals surface area (Å²) in [5.41, 5.74) is 0. The first-order chi connectivity index (χ1) is 9.95. The van der Waals surface area contributed by atoms with E-state index in [2.05, 4.69) is 0 Å². The molecule has 0 aromatic rings. The second-order valence-corrected chi connectivity index (χ2v) is 3.55. The zero-order valence-corrected chi connectivity index (χ0v) is 9.90. The van der Waals surface area contributed by atoms with E-state index in [0.717, 1.165) is 0 Å². The lowest BCUT2D eigenvalue weighted by Crippen LogP contribution is -2.66. The molecule has 0 aromatic carbocycles. The zero-order valence-electron chi connectivity index (χ0n) is 9.90. The summed E-state index contributed by atoms with van der Waals surface area (Å²) >= 11 is 0. The molecule has 134 valence electrons. The number of aliphatic carboxylic acids is 2. The van der Waals surface area contributed by atoms with E-state index < -0.39 is 47.7 Å². The summed E-state index contributed by atoms with van der Waals surface area (Å²) < 4.78 is 128. The molecule has 0 aliphatic heterocycles. The van der Waals surface area contributed by atoms with E-state index in [-0.39, 0.29) is 0 Å².